The molecule has 42 heavy (non-hydrogen) atoms. The maximum atomic E-state index is 13.7. The number of alkyl halides is 3. The number of aromatic nitrogens is 1. The van der Waals surface area contributed by atoms with E-state index in [0.717, 1.165) is 22.9 Å². The third-order valence-corrected chi connectivity index (χ3v) is 6.61. The normalized spacial score (nSPS) is 13.2. The molecule has 230 valence electrons. The second kappa shape index (κ2) is 13.8. The van der Waals surface area contributed by atoms with Crippen molar-refractivity contribution in [2.75, 3.05) is 45.1 Å². The second-order valence-electron chi connectivity index (χ2n) is 11.0. The molecule has 0 saturated carbocycles. The molecule has 0 radical (unpaired) electrons. The molecule has 0 atom stereocenters. The fourth-order valence-corrected chi connectivity index (χ4v) is 4.49. The quantitative estimate of drug-likeness (QED) is 0.444. The summed E-state index contributed by atoms with van der Waals surface area (Å²) in [6.45, 7) is 7.88. The maximum Gasteiger partial charge on any atom is 0.418 e. The zero-order valence-electron chi connectivity index (χ0n) is 24.7. The van der Waals surface area contributed by atoms with E-state index in [4.69, 9.17) is 4.74 Å². The zero-order chi connectivity index (χ0) is 31.1. The van der Waals surface area contributed by atoms with Gasteiger partial charge in [0.05, 0.1) is 24.3 Å². The van der Waals surface area contributed by atoms with Crippen LogP contribution in [0.1, 0.15) is 50.1 Å². The number of fused-ring (bicyclic) bond motifs is 1. The van der Waals surface area contributed by atoms with Gasteiger partial charge >= 0.3 is 18.3 Å². The average Bonchev–Trinajstić information content (AvgIpc) is 2.92. The monoisotopic (exact) mass is 592 g/mol. The minimum Gasteiger partial charge on any atom is -0.444 e. The first-order valence-corrected chi connectivity index (χ1v) is 13.8. The number of nitrogens with one attached hydrogen (secondary N) is 2. The highest BCUT2D eigenvalue weighted by Gasteiger charge is 2.35. The van der Waals surface area contributed by atoms with E-state index in [1.54, 1.807) is 25.7 Å². The summed E-state index contributed by atoms with van der Waals surface area (Å²) in [5.41, 5.74) is 0.698. The highest BCUT2D eigenvalue weighted by Crippen LogP contribution is 2.31. The molecule has 3 rings (SSSR count). The largest absolute Gasteiger partial charge is 0.444 e. The summed E-state index contributed by atoms with van der Waals surface area (Å²) in [7, 11) is 1.50. The van der Waals surface area contributed by atoms with Crippen molar-refractivity contribution in [2.24, 2.45) is 0 Å². The third kappa shape index (κ3) is 8.98. The van der Waals surface area contributed by atoms with Crippen molar-refractivity contribution in [1.29, 1.82) is 0 Å². The summed E-state index contributed by atoms with van der Waals surface area (Å²) in [6.07, 6.45) is -3.43. The van der Waals surface area contributed by atoms with Crippen LogP contribution >= 0.6 is 0 Å². The number of carbonyl (C=O) groups is 3. The van der Waals surface area contributed by atoms with Crippen LogP contribution in [-0.4, -0.2) is 83.1 Å². The number of hydrogen-bond acceptors (Lipinski definition) is 6. The van der Waals surface area contributed by atoms with E-state index < -0.39 is 35.9 Å². The molecule has 13 heteroatoms. The molecule has 0 spiro atoms. The number of rotatable bonds is 9. The molecule has 1 aliphatic heterocycles. The lowest BCUT2D eigenvalue weighted by atomic mass is 9.98. The molecular weight excluding hydrogens is 553 g/mol. The fraction of sp³-hybridized carbons (Fsp3) is 0.517. The van der Waals surface area contributed by atoms with E-state index in [-0.39, 0.29) is 31.4 Å². The summed E-state index contributed by atoms with van der Waals surface area (Å²) in [5.74, 6) is -0.469. The van der Waals surface area contributed by atoms with Crippen LogP contribution in [-0.2, 0) is 35.2 Å². The average molecular weight is 593 g/mol. The molecule has 2 aromatic rings. The summed E-state index contributed by atoms with van der Waals surface area (Å²) in [6, 6.07) is 7.56. The van der Waals surface area contributed by atoms with Crippen molar-refractivity contribution < 1.29 is 32.3 Å². The number of hydrogen-bond donors (Lipinski definition) is 2. The van der Waals surface area contributed by atoms with Crippen molar-refractivity contribution in [1.82, 2.24) is 25.0 Å². The van der Waals surface area contributed by atoms with E-state index >= 15 is 0 Å². The van der Waals surface area contributed by atoms with Crippen LogP contribution in [0.4, 0.5) is 28.4 Å². The Balaban J connectivity index is 1.76. The lowest BCUT2D eigenvalue weighted by Crippen LogP contribution is -2.43. The highest BCUT2D eigenvalue weighted by atomic mass is 19.4. The van der Waals surface area contributed by atoms with Gasteiger partial charge in [-0.1, -0.05) is 12.1 Å². The van der Waals surface area contributed by atoms with E-state index in [0.29, 0.717) is 26.1 Å². The van der Waals surface area contributed by atoms with Crippen LogP contribution in [0, 0.1) is 0 Å². The maximum absolute atomic E-state index is 13.7. The summed E-state index contributed by atoms with van der Waals surface area (Å²) < 4.78 is 46.4. The van der Waals surface area contributed by atoms with Crippen LogP contribution in [0.2, 0.25) is 0 Å². The number of benzene rings is 1. The van der Waals surface area contributed by atoms with Gasteiger partial charge in [-0.25, -0.2) is 9.59 Å². The fourth-order valence-electron chi connectivity index (χ4n) is 4.49. The number of nitrogens with zero attached hydrogens (tertiary/aromatic N) is 4. The Morgan fingerprint density at radius 1 is 1.10 bits per heavy atom. The highest BCUT2D eigenvalue weighted by molar-refractivity contribution is 5.81. The first-order valence-electron chi connectivity index (χ1n) is 13.8. The Labute approximate surface area is 244 Å². The van der Waals surface area contributed by atoms with Gasteiger partial charge in [-0.3, -0.25) is 9.78 Å². The lowest BCUT2D eigenvalue weighted by molar-refractivity contribution is -0.140. The van der Waals surface area contributed by atoms with Crippen molar-refractivity contribution in [3.05, 3.63) is 58.9 Å². The molecule has 0 unspecified atom stereocenters. The van der Waals surface area contributed by atoms with Gasteiger partial charge in [0.2, 0.25) is 5.91 Å². The standard InChI is InChI=1S/C29H39F3N6O4/c1-6-33-26(40)38-14-12-21-20(18-38)9-7-11-23(21)35-17-25(39)37(16-15-36(5)27(41)42-28(2,3)4)19-24-22(29(30,31)32)10-8-13-34-24/h7-11,13,35H,6,12,14-19H2,1-5H3,(H,33,40). The van der Waals surface area contributed by atoms with Crippen LogP contribution in [0.3, 0.4) is 0 Å². The lowest BCUT2D eigenvalue weighted by Gasteiger charge is -2.31. The molecule has 2 heterocycles. The molecule has 0 bridgehead atoms. The van der Waals surface area contributed by atoms with E-state index in [1.165, 1.54) is 29.1 Å². The van der Waals surface area contributed by atoms with E-state index in [1.807, 2.05) is 25.1 Å². The predicted molar refractivity (Wildman–Crippen MR) is 152 cm³/mol. The van der Waals surface area contributed by atoms with Gasteiger partial charge in [0.15, 0.2) is 0 Å². The van der Waals surface area contributed by atoms with Crippen LogP contribution in [0.5, 0.6) is 0 Å². The molecule has 1 aromatic heterocycles. The van der Waals surface area contributed by atoms with Gasteiger partial charge in [0.25, 0.3) is 0 Å². The molecule has 1 aliphatic rings. The van der Waals surface area contributed by atoms with Crippen LogP contribution in [0.15, 0.2) is 36.5 Å². The molecule has 1 aromatic carbocycles. The van der Waals surface area contributed by atoms with Crippen molar-refractivity contribution in [3.8, 4) is 0 Å². The van der Waals surface area contributed by atoms with E-state index in [9.17, 15) is 27.6 Å². The molecule has 0 fully saturated rings. The van der Waals surface area contributed by atoms with Crippen molar-refractivity contribution in [2.45, 2.75) is 59.0 Å². The number of ether oxygens (including phenoxy) is 1. The van der Waals surface area contributed by atoms with Gasteiger partial charge in [0, 0.05) is 51.7 Å². The minimum atomic E-state index is -4.64. The third-order valence-electron chi connectivity index (χ3n) is 6.61. The van der Waals surface area contributed by atoms with Crippen LogP contribution in [0.25, 0.3) is 0 Å². The van der Waals surface area contributed by atoms with Gasteiger partial charge in [-0.05, 0) is 63.4 Å². The zero-order valence-corrected chi connectivity index (χ0v) is 24.7. The number of carbonyl (C=O) groups excluding carboxylic acids is 3. The Kier molecular flexibility index (Phi) is 10.6. The van der Waals surface area contributed by atoms with Crippen molar-refractivity contribution in [3.63, 3.8) is 0 Å². The first-order chi connectivity index (χ1) is 19.7. The number of urea groups is 1. The van der Waals surface area contributed by atoms with E-state index in [2.05, 4.69) is 15.6 Å². The summed E-state index contributed by atoms with van der Waals surface area (Å²) in [4.78, 5) is 46.3. The molecule has 0 saturated heterocycles. The minimum absolute atomic E-state index is 0.0330. The van der Waals surface area contributed by atoms with Gasteiger partial charge in [-0.15, -0.1) is 0 Å². The molecule has 10 nitrogen and oxygen atoms in total. The Morgan fingerprint density at radius 2 is 1.83 bits per heavy atom. The van der Waals surface area contributed by atoms with Gasteiger partial charge in [0.1, 0.15) is 5.60 Å². The Hall–Kier alpha value is -4.03. The SMILES string of the molecule is CCNC(=O)N1CCc2c(cccc2NCC(=O)N(CCN(C)C(=O)OC(C)(C)C)Cc2ncccc2C(F)(F)F)C1. The van der Waals surface area contributed by atoms with Gasteiger partial charge < -0.3 is 30.1 Å². The Morgan fingerprint density at radius 3 is 2.50 bits per heavy atom. The predicted octanol–water partition coefficient (Wildman–Crippen LogP) is 4.50. The number of amides is 4. The van der Waals surface area contributed by atoms with Gasteiger partial charge in [-0.2, -0.15) is 13.2 Å². The first kappa shape index (κ1) is 32.5. The molecular formula is C29H39F3N6O4. The molecule has 0 aliphatic carbocycles. The van der Waals surface area contributed by atoms with Crippen molar-refractivity contribution >= 4 is 23.7 Å². The Bertz CT molecular complexity index is 1260. The smallest absolute Gasteiger partial charge is 0.418 e. The summed E-state index contributed by atoms with van der Waals surface area (Å²) in [5, 5.41) is 5.93. The topological polar surface area (TPSA) is 107 Å². The summed E-state index contributed by atoms with van der Waals surface area (Å²) >= 11 is 0. The number of pyridine rings is 1. The molecule has 2 N–H and O–H groups in total. The number of halogens is 3. The number of likely N-dealkylation sites (N-methyl/N-ethyl adjacent to an activating group) is 1. The second-order valence-corrected chi connectivity index (χ2v) is 11.0. The molecule has 4 amide bonds. The number of anilines is 1. The van der Waals surface area contributed by atoms with Crippen LogP contribution < -0.4 is 10.6 Å².